The summed E-state index contributed by atoms with van der Waals surface area (Å²) in [5.41, 5.74) is 3.54. The third kappa shape index (κ3) is 6.41. The zero-order chi connectivity index (χ0) is 29.9. The van der Waals surface area contributed by atoms with Crippen molar-refractivity contribution in [3.8, 4) is 17.4 Å². The summed E-state index contributed by atoms with van der Waals surface area (Å²) in [6.45, 7) is 4.15. The van der Waals surface area contributed by atoms with E-state index in [1.54, 1.807) is 26.4 Å². The first kappa shape index (κ1) is 29.2. The molecule has 1 atom stereocenters. The van der Waals surface area contributed by atoms with Gasteiger partial charge in [0.05, 0.1) is 44.5 Å². The molecule has 4 heterocycles. The van der Waals surface area contributed by atoms with Crippen molar-refractivity contribution in [3.05, 3.63) is 76.2 Å². The molecule has 0 unspecified atom stereocenters. The van der Waals surface area contributed by atoms with E-state index < -0.39 is 5.97 Å². The molecule has 6 rings (SSSR count). The number of carbonyl (C=O) groups is 1. The molecule has 43 heavy (non-hydrogen) atoms. The summed E-state index contributed by atoms with van der Waals surface area (Å²) in [4.78, 5) is 24.0. The highest BCUT2D eigenvalue weighted by Gasteiger charge is 2.27. The standard InChI is InChI=1S/C32H35ClN4O6/c1-40-27-16-23(33)7-6-21(27)19-43-30-5-3-4-25(34-30)20-8-11-36(12-9-20)18-29-35-31-26(37(29)17-24-10-13-42-24)14-22(32(38)39)15-28(31)41-2/h3-7,14-16,20,24H,8-13,17-19H2,1-2H3,(H,38,39)/t24-/m0/s1. The Hall–Kier alpha value is -3.86. The summed E-state index contributed by atoms with van der Waals surface area (Å²) >= 11 is 6.09. The summed E-state index contributed by atoms with van der Waals surface area (Å²) in [6, 6.07) is 14.7. The fraction of sp³-hybridized carbons (Fsp3) is 0.406. The number of carboxylic acid groups (broad SMARTS) is 1. The topological polar surface area (TPSA) is 108 Å². The lowest BCUT2D eigenvalue weighted by Crippen LogP contribution is -2.35. The molecule has 2 fully saturated rings. The van der Waals surface area contributed by atoms with Crippen LogP contribution in [0.1, 0.15) is 52.6 Å². The maximum Gasteiger partial charge on any atom is 0.335 e. The zero-order valence-electron chi connectivity index (χ0n) is 24.3. The number of imidazole rings is 1. The van der Waals surface area contributed by atoms with Gasteiger partial charge in [0.1, 0.15) is 29.4 Å². The molecule has 1 N–H and O–H groups in total. The van der Waals surface area contributed by atoms with E-state index in [-0.39, 0.29) is 11.7 Å². The third-order valence-electron chi connectivity index (χ3n) is 8.29. The second-order valence-electron chi connectivity index (χ2n) is 11.0. The van der Waals surface area contributed by atoms with Gasteiger partial charge in [-0.3, -0.25) is 4.90 Å². The van der Waals surface area contributed by atoms with E-state index in [2.05, 4.69) is 15.5 Å². The van der Waals surface area contributed by atoms with Crippen molar-refractivity contribution in [2.24, 2.45) is 0 Å². The quantitative estimate of drug-likeness (QED) is 0.235. The number of aromatic carboxylic acids is 1. The number of carboxylic acids is 1. The van der Waals surface area contributed by atoms with Crippen molar-refractivity contribution in [2.75, 3.05) is 33.9 Å². The number of ether oxygens (including phenoxy) is 4. The fourth-order valence-electron chi connectivity index (χ4n) is 5.79. The molecular weight excluding hydrogens is 572 g/mol. The number of piperidine rings is 1. The van der Waals surface area contributed by atoms with E-state index in [9.17, 15) is 9.90 Å². The van der Waals surface area contributed by atoms with Crippen LogP contribution in [0.4, 0.5) is 0 Å². The van der Waals surface area contributed by atoms with Gasteiger partial charge in [-0.25, -0.2) is 14.8 Å². The molecule has 0 aliphatic carbocycles. The average molecular weight is 607 g/mol. The number of methoxy groups -OCH3 is 2. The molecule has 0 spiro atoms. The van der Waals surface area contributed by atoms with Crippen LogP contribution >= 0.6 is 11.6 Å². The Bertz CT molecular complexity index is 1610. The van der Waals surface area contributed by atoms with Gasteiger partial charge in [-0.05, 0) is 62.7 Å². The predicted molar refractivity (Wildman–Crippen MR) is 161 cm³/mol. The van der Waals surface area contributed by atoms with Crippen LogP contribution in [-0.2, 0) is 24.4 Å². The minimum absolute atomic E-state index is 0.0997. The monoisotopic (exact) mass is 606 g/mol. The van der Waals surface area contributed by atoms with E-state index in [0.29, 0.717) is 53.5 Å². The van der Waals surface area contributed by atoms with E-state index in [1.807, 2.05) is 24.3 Å². The highest BCUT2D eigenvalue weighted by molar-refractivity contribution is 6.30. The van der Waals surface area contributed by atoms with Crippen LogP contribution in [-0.4, -0.2) is 70.5 Å². The Morgan fingerprint density at radius 3 is 2.53 bits per heavy atom. The van der Waals surface area contributed by atoms with Crippen molar-refractivity contribution < 1.29 is 28.8 Å². The number of pyridine rings is 1. The molecule has 10 nitrogen and oxygen atoms in total. The first-order chi connectivity index (χ1) is 20.9. The highest BCUT2D eigenvalue weighted by atomic mass is 35.5. The van der Waals surface area contributed by atoms with Crippen LogP contribution in [0, 0.1) is 0 Å². The first-order valence-corrected chi connectivity index (χ1v) is 14.9. The summed E-state index contributed by atoms with van der Waals surface area (Å²) in [5.74, 6) is 1.94. The maximum absolute atomic E-state index is 11.8. The van der Waals surface area contributed by atoms with Gasteiger partial charge in [-0.1, -0.05) is 23.7 Å². The number of hydrogen-bond acceptors (Lipinski definition) is 8. The van der Waals surface area contributed by atoms with Crippen LogP contribution in [0.3, 0.4) is 0 Å². The molecule has 2 aromatic heterocycles. The van der Waals surface area contributed by atoms with E-state index in [1.165, 1.54) is 6.07 Å². The Labute approximate surface area is 255 Å². The van der Waals surface area contributed by atoms with Crippen molar-refractivity contribution in [3.63, 3.8) is 0 Å². The number of likely N-dealkylation sites (tertiary alicyclic amines) is 1. The first-order valence-electron chi connectivity index (χ1n) is 14.5. The van der Waals surface area contributed by atoms with Gasteiger partial charge in [0.25, 0.3) is 0 Å². The summed E-state index contributed by atoms with van der Waals surface area (Å²) in [6.07, 6.45) is 2.99. The number of fused-ring (bicyclic) bond motifs is 1. The molecule has 0 saturated carbocycles. The van der Waals surface area contributed by atoms with Gasteiger partial charge in [0, 0.05) is 34.9 Å². The molecular formula is C32H35ClN4O6. The molecule has 0 amide bonds. The minimum Gasteiger partial charge on any atom is -0.496 e. The van der Waals surface area contributed by atoms with Gasteiger partial charge in [-0.15, -0.1) is 0 Å². The van der Waals surface area contributed by atoms with Gasteiger partial charge >= 0.3 is 5.97 Å². The van der Waals surface area contributed by atoms with E-state index in [4.69, 9.17) is 40.5 Å². The molecule has 2 aliphatic rings. The molecule has 4 aromatic rings. The van der Waals surface area contributed by atoms with Crippen LogP contribution in [0.5, 0.6) is 17.4 Å². The fourth-order valence-corrected chi connectivity index (χ4v) is 5.95. The molecule has 11 heteroatoms. The number of benzene rings is 2. The molecule has 2 aromatic carbocycles. The third-order valence-corrected chi connectivity index (χ3v) is 8.52. The number of halogens is 1. The van der Waals surface area contributed by atoms with Crippen molar-refractivity contribution in [1.82, 2.24) is 19.4 Å². The van der Waals surface area contributed by atoms with Crippen molar-refractivity contribution in [1.29, 1.82) is 0 Å². The van der Waals surface area contributed by atoms with Crippen LogP contribution in [0.2, 0.25) is 5.02 Å². The highest BCUT2D eigenvalue weighted by Crippen LogP contribution is 2.33. The molecule has 0 radical (unpaired) electrons. The lowest BCUT2D eigenvalue weighted by Gasteiger charge is -2.32. The Morgan fingerprint density at radius 1 is 1.05 bits per heavy atom. The predicted octanol–water partition coefficient (Wildman–Crippen LogP) is 5.55. The number of hydrogen-bond donors (Lipinski definition) is 1. The summed E-state index contributed by atoms with van der Waals surface area (Å²) in [7, 11) is 3.16. The second kappa shape index (κ2) is 12.8. The second-order valence-corrected chi connectivity index (χ2v) is 11.4. The smallest absolute Gasteiger partial charge is 0.335 e. The van der Waals surface area contributed by atoms with Crippen LogP contribution in [0.25, 0.3) is 11.0 Å². The van der Waals surface area contributed by atoms with Crippen molar-refractivity contribution >= 4 is 28.6 Å². The Morgan fingerprint density at radius 2 is 1.84 bits per heavy atom. The summed E-state index contributed by atoms with van der Waals surface area (Å²) < 4.78 is 24.8. The van der Waals surface area contributed by atoms with Crippen molar-refractivity contribution in [2.45, 2.75) is 51.0 Å². The number of rotatable bonds is 11. The zero-order valence-corrected chi connectivity index (χ0v) is 25.0. The Balaban J connectivity index is 1.14. The molecule has 2 aliphatic heterocycles. The van der Waals surface area contributed by atoms with Crippen LogP contribution < -0.4 is 14.2 Å². The van der Waals surface area contributed by atoms with Gasteiger partial charge in [0.2, 0.25) is 5.88 Å². The molecule has 2 saturated heterocycles. The van der Waals surface area contributed by atoms with Gasteiger partial charge in [-0.2, -0.15) is 0 Å². The van der Waals surface area contributed by atoms with Gasteiger partial charge in [0.15, 0.2) is 0 Å². The molecule has 226 valence electrons. The molecule has 0 bridgehead atoms. The lowest BCUT2D eigenvalue weighted by molar-refractivity contribution is -0.0592. The average Bonchev–Trinajstić information content (AvgIpc) is 3.34. The van der Waals surface area contributed by atoms with Gasteiger partial charge < -0.3 is 28.6 Å². The largest absolute Gasteiger partial charge is 0.496 e. The Kier molecular flexibility index (Phi) is 8.69. The van der Waals surface area contributed by atoms with E-state index in [0.717, 1.165) is 61.6 Å². The summed E-state index contributed by atoms with van der Waals surface area (Å²) in [5, 5.41) is 10.3. The van der Waals surface area contributed by atoms with E-state index >= 15 is 0 Å². The maximum atomic E-state index is 11.8. The SMILES string of the molecule is COc1cc(Cl)ccc1COc1cccc(C2CCN(Cc3nc4c(OC)cc(C(=O)O)cc4n3C[C@@H]3CCO3)CC2)n1. The number of nitrogens with zero attached hydrogens (tertiary/aromatic N) is 4. The van der Waals surface area contributed by atoms with Crippen LogP contribution in [0.15, 0.2) is 48.5 Å². The normalized spacial score (nSPS) is 17.5. The lowest BCUT2D eigenvalue weighted by atomic mass is 9.93. The minimum atomic E-state index is -0.996. The number of aromatic nitrogens is 3.